The van der Waals surface area contributed by atoms with Crippen molar-refractivity contribution >= 4 is 0 Å². The number of aromatic amines is 1. The van der Waals surface area contributed by atoms with Crippen molar-refractivity contribution < 1.29 is 34.1 Å². The minimum atomic E-state index is 0. The summed E-state index contributed by atoms with van der Waals surface area (Å²) in [6, 6.07) is 2.23. The molecule has 0 aromatic carbocycles. The Bertz CT molecular complexity index is 532. The number of nitrogens with one attached hydrogen (secondary N) is 1. The van der Waals surface area contributed by atoms with E-state index in [1.165, 1.54) is 82.6 Å². The Morgan fingerprint density at radius 1 is 0.667 bits per heavy atom. The standard InChI is InChI=1S/C19H31N.C11H20.2Fe/c1(7-16-13-14-20-15-16)6-12-19(17-8-2-3-9-17)18-10-4-5-11-18;1-2-6-10(5-1)9-11-7-3-4-8-11;;/h13-15,17-20H,1-12H2;10-11H,1-9H2;;. The molecule has 4 fully saturated rings. The maximum atomic E-state index is 3.17. The normalized spacial score (nSPS) is 22.3. The second-order valence-corrected chi connectivity index (χ2v) is 11.8. The molecule has 0 amide bonds. The van der Waals surface area contributed by atoms with E-state index in [0.717, 1.165) is 29.6 Å². The second-order valence-electron chi connectivity index (χ2n) is 11.8. The molecule has 0 aliphatic heterocycles. The molecule has 1 aromatic rings. The first-order valence-electron chi connectivity index (χ1n) is 14.5. The molecule has 33 heavy (non-hydrogen) atoms. The molecule has 3 heteroatoms. The van der Waals surface area contributed by atoms with Crippen molar-refractivity contribution in [1.29, 1.82) is 0 Å². The molecule has 4 aliphatic carbocycles. The van der Waals surface area contributed by atoms with E-state index in [-0.39, 0.29) is 34.1 Å². The Kier molecular flexibility index (Phi) is 15.1. The van der Waals surface area contributed by atoms with Crippen LogP contribution in [0.15, 0.2) is 18.5 Å². The fraction of sp³-hybridized carbons (Fsp3) is 0.867. The molecule has 0 spiro atoms. The molecular formula is C30H51Fe2N. The predicted molar refractivity (Wildman–Crippen MR) is 134 cm³/mol. The van der Waals surface area contributed by atoms with E-state index in [2.05, 4.69) is 23.4 Å². The smallest absolute Gasteiger partial charge is 0.00373 e. The van der Waals surface area contributed by atoms with E-state index in [1.54, 1.807) is 57.8 Å². The summed E-state index contributed by atoms with van der Waals surface area (Å²) in [7, 11) is 0. The van der Waals surface area contributed by atoms with Crippen LogP contribution in [0.25, 0.3) is 0 Å². The van der Waals surface area contributed by atoms with Crippen LogP contribution in [0.1, 0.15) is 134 Å². The molecule has 0 unspecified atom stereocenters. The fourth-order valence-electron chi connectivity index (χ4n) is 7.81. The first-order chi connectivity index (χ1) is 15.4. The van der Waals surface area contributed by atoms with Crippen LogP contribution in [0.3, 0.4) is 0 Å². The molecule has 1 nitrogen and oxygen atoms in total. The minimum absolute atomic E-state index is 0. The maximum absolute atomic E-state index is 3.17. The van der Waals surface area contributed by atoms with Crippen LogP contribution in [-0.4, -0.2) is 4.98 Å². The third kappa shape index (κ3) is 10.1. The number of hydrogen-bond acceptors (Lipinski definition) is 0. The van der Waals surface area contributed by atoms with Gasteiger partial charge in [0, 0.05) is 46.5 Å². The molecule has 0 atom stereocenters. The monoisotopic (exact) mass is 537 g/mol. The van der Waals surface area contributed by atoms with Gasteiger partial charge in [-0.1, -0.05) is 109 Å². The van der Waals surface area contributed by atoms with Gasteiger partial charge >= 0.3 is 0 Å². The van der Waals surface area contributed by atoms with Gasteiger partial charge in [-0.15, -0.1) is 0 Å². The van der Waals surface area contributed by atoms with Crippen molar-refractivity contribution in [1.82, 2.24) is 4.98 Å². The Labute approximate surface area is 226 Å². The van der Waals surface area contributed by atoms with E-state index in [9.17, 15) is 0 Å². The molecule has 192 valence electrons. The van der Waals surface area contributed by atoms with Crippen molar-refractivity contribution in [3.05, 3.63) is 24.0 Å². The summed E-state index contributed by atoms with van der Waals surface area (Å²) in [6.07, 6.45) is 35.9. The van der Waals surface area contributed by atoms with Gasteiger partial charge in [0.25, 0.3) is 0 Å². The number of unbranched alkanes of at least 4 members (excludes halogenated alkanes) is 1. The topological polar surface area (TPSA) is 15.8 Å². The number of aryl methyl sites for hydroxylation is 1. The van der Waals surface area contributed by atoms with Gasteiger partial charge in [0.1, 0.15) is 0 Å². The Morgan fingerprint density at radius 2 is 1.15 bits per heavy atom. The van der Waals surface area contributed by atoms with Crippen LogP contribution >= 0.6 is 0 Å². The van der Waals surface area contributed by atoms with Crippen molar-refractivity contribution in [3.63, 3.8) is 0 Å². The summed E-state index contributed by atoms with van der Waals surface area (Å²) in [6.45, 7) is 0. The van der Waals surface area contributed by atoms with Crippen LogP contribution in [0.5, 0.6) is 0 Å². The molecular weight excluding hydrogens is 486 g/mol. The molecule has 0 bridgehead atoms. The van der Waals surface area contributed by atoms with Crippen molar-refractivity contribution in [2.45, 2.75) is 135 Å². The minimum Gasteiger partial charge on any atom is -0.367 e. The first-order valence-corrected chi connectivity index (χ1v) is 14.5. The molecule has 1 aromatic heterocycles. The second kappa shape index (κ2) is 16.9. The third-order valence-electron chi connectivity index (χ3n) is 9.54. The zero-order chi connectivity index (χ0) is 21.1. The van der Waals surface area contributed by atoms with Gasteiger partial charge in [-0.25, -0.2) is 0 Å². The first kappa shape index (κ1) is 29.5. The average molecular weight is 537 g/mol. The van der Waals surface area contributed by atoms with Gasteiger partial charge in [-0.2, -0.15) is 0 Å². The molecule has 4 saturated carbocycles. The molecule has 1 N–H and O–H groups in total. The van der Waals surface area contributed by atoms with E-state index >= 15 is 0 Å². The van der Waals surface area contributed by atoms with E-state index in [4.69, 9.17) is 0 Å². The number of hydrogen-bond donors (Lipinski definition) is 1. The molecule has 4 aliphatic rings. The number of rotatable bonds is 9. The van der Waals surface area contributed by atoms with Crippen molar-refractivity contribution in [3.8, 4) is 0 Å². The van der Waals surface area contributed by atoms with Gasteiger partial charge in [0.15, 0.2) is 0 Å². The molecule has 0 saturated heterocycles. The average Bonchev–Trinajstić information content (AvgIpc) is 3.62. The van der Waals surface area contributed by atoms with Crippen LogP contribution in [0.2, 0.25) is 0 Å². The van der Waals surface area contributed by atoms with Gasteiger partial charge in [0.05, 0.1) is 0 Å². The predicted octanol–water partition coefficient (Wildman–Crippen LogP) is 9.48. The van der Waals surface area contributed by atoms with Crippen molar-refractivity contribution in [2.24, 2.45) is 29.6 Å². The zero-order valence-electron chi connectivity index (χ0n) is 21.2. The van der Waals surface area contributed by atoms with Gasteiger partial charge in [0.2, 0.25) is 0 Å². The number of aromatic nitrogens is 1. The van der Waals surface area contributed by atoms with Crippen LogP contribution in [-0.2, 0) is 40.6 Å². The quantitative estimate of drug-likeness (QED) is 0.239. The largest absolute Gasteiger partial charge is 0.367 e. The summed E-state index contributed by atoms with van der Waals surface area (Å²) < 4.78 is 0. The Hall–Kier alpha value is 0.319. The summed E-state index contributed by atoms with van der Waals surface area (Å²) in [5.41, 5.74) is 1.49. The fourth-order valence-corrected chi connectivity index (χ4v) is 7.81. The van der Waals surface area contributed by atoms with Gasteiger partial charge < -0.3 is 4.98 Å². The van der Waals surface area contributed by atoms with Crippen molar-refractivity contribution in [2.75, 3.05) is 0 Å². The van der Waals surface area contributed by atoms with E-state index in [1.807, 2.05) is 0 Å². The molecule has 0 radical (unpaired) electrons. The van der Waals surface area contributed by atoms with Crippen LogP contribution < -0.4 is 0 Å². The van der Waals surface area contributed by atoms with E-state index < -0.39 is 0 Å². The summed E-state index contributed by atoms with van der Waals surface area (Å²) >= 11 is 0. The summed E-state index contributed by atoms with van der Waals surface area (Å²) in [5, 5.41) is 0. The maximum Gasteiger partial charge on any atom is 0.00373 e. The third-order valence-corrected chi connectivity index (χ3v) is 9.54. The Morgan fingerprint density at radius 3 is 1.61 bits per heavy atom. The molecule has 5 rings (SSSR count). The van der Waals surface area contributed by atoms with Crippen LogP contribution in [0.4, 0.5) is 0 Å². The van der Waals surface area contributed by atoms with Gasteiger partial charge in [-0.3, -0.25) is 0 Å². The Balaban J connectivity index is 0.000000254. The van der Waals surface area contributed by atoms with Gasteiger partial charge in [-0.05, 0) is 66.9 Å². The van der Waals surface area contributed by atoms with Crippen LogP contribution in [0, 0.1) is 29.6 Å². The SMILES string of the molecule is C1CCC(CC2CCCC2)C1.[Fe].[Fe].c1cc(CCCCC(C2CCCC2)C2CCCC2)c[nH]1. The zero-order valence-corrected chi connectivity index (χ0v) is 23.4. The number of H-pyrrole nitrogens is 1. The van der Waals surface area contributed by atoms with E-state index in [0.29, 0.717) is 0 Å². The molecule has 1 heterocycles. The summed E-state index contributed by atoms with van der Waals surface area (Å²) in [5.74, 6) is 5.53. The summed E-state index contributed by atoms with van der Waals surface area (Å²) in [4.78, 5) is 3.17.